The lowest BCUT2D eigenvalue weighted by atomic mass is 9.79. The molecule has 1 saturated heterocycles. The fourth-order valence-electron chi connectivity index (χ4n) is 4.94. The van der Waals surface area contributed by atoms with Crippen molar-refractivity contribution in [2.75, 3.05) is 32.9 Å². The van der Waals surface area contributed by atoms with E-state index < -0.39 is 12.2 Å². The Bertz CT molecular complexity index is 561. The number of aliphatic hydroxyl groups excluding tert-OH is 3. The van der Waals surface area contributed by atoms with E-state index >= 15 is 0 Å². The average molecular weight is 406 g/mol. The first-order chi connectivity index (χ1) is 14.2. The summed E-state index contributed by atoms with van der Waals surface area (Å²) < 4.78 is 5.95. The third kappa shape index (κ3) is 6.76. The van der Waals surface area contributed by atoms with E-state index in [0.717, 1.165) is 51.5 Å². The second kappa shape index (κ2) is 12.0. The number of aliphatic hydroxyl groups is 3. The Morgan fingerprint density at radius 3 is 2.41 bits per heavy atom. The van der Waals surface area contributed by atoms with Crippen LogP contribution in [0, 0.1) is 5.92 Å². The van der Waals surface area contributed by atoms with Gasteiger partial charge in [-0.1, -0.05) is 30.3 Å². The van der Waals surface area contributed by atoms with E-state index in [1.165, 1.54) is 31.2 Å². The van der Waals surface area contributed by atoms with E-state index in [1.807, 2.05) is 0 Å². The van der Waals surface area contributed by atoms with Crippen molar-refractivity contribution in [1.82, 2.24) is 4.90 Å². The quantitative estimate of drug-likeness (QED) is 0.522. The first kappa shape index (κ1) is 22.7. The highest BCUT2D eigenvalue weighted by Crippen LogP contribution is 2.35. The van der Waals surface area contributed by atoms with E-state index in [9.17, 15) is 15.3 Å². The Labute approximate surface area is 175 Å². The van der Waals surface area contributed by atoms with Gasteiger partial charge in [0.25, 0.3) is 0 Å². The Morgan fingerprint density at radius 1 is 0.931 bits per heavy atom. The lowest BCUT2D eigenvalue weighted by Crippen LogP contribution is -2.56. The van der Waals surface area contributed by atoms with Gasteiger partial charge in [-0.05, 0) is 75.3 Å². The smallest absolute Gasteiger partial charge is 0.0976 e. The molecule has 5 heteroatoms. The Balaban J connectivity index is 1.21. The van der Waals surface area contributed by atoms with Crippen molar-refractivity contribution in [1.29, 1.82) is 0 Å². The van der Waals surface area contributed by atoms with E-state index in [0.29, 0.717) is 12.3 Å². The summed E-state index contributed by atoms with van der Waals surface area (Å²) in [6, 6.07) is 10.6. The maximum atomic E-state index is 10.0. The van der Waals surface area contributed by atoms with Crippen LogP contribution in [0.4, 0.5) is 0 Å². The maximum Gasteiger partial charge on any atom is 0.0976 e. The Kier molecular flexibility index (Phi) is 9.40. The molecule has 1 aromatic rings. The molecule has 0 amide bonds. The van der Waals surface area contributed by atoms with Crippen LogP contribution in [0.3, 0.4) is 0 Å². The zero-order valence-electron chi connectivity index (χ0n) is 17.7. The molecule has 29 heavy (non-hydrogen) atoms. The molecule has 3 rings (SSSR count). The van der Waals surface area contributed by atoms with Crippen molar-refractivity contribution in [2.24, 2.45) is 5.92 Å². The maximum absolute atomic E-state index is 10.0. The molecule has 1 aromatic carbocycles. The first-order valence-electron chi connectivity index (χ1n) is 11.5. The van der Waals surface area contributed by atoms with Crippen molar-refractivity contribution < 1.29 is 20.1 Å². The number of hydrogen-bond donors (Lipinski definition) is 3. The molecule has 3 atom stereocenters. The molecule has 0 aromatic heterocycles. The van der Waals surface area contributed by atoms with Crippen LogP contribution >= 0.6 is 0 Å². The molecule has 1 aliphatic carbocycles. The summed E-state index contributed by atoms with van der Waals surface area (Å²) in [5.74, 6) is 1.44. The molecule has 3 N–H and O–H groups in total. The normalized spacial score (nSPS) is 31.1. The van der Waals surface area contributed by atoms with Gasteiger partial charge >= 0.3 is 0 Å². The highest BCUT2D eigenvalue weighted by molar-refractivity contribution is 5.19. The zero-order valence-corrected chi connectivity index (χ0v) is 17.7. The lowest BCUT2D eigenvalue weighted by molar-refractivity contribution is -0.0897. The number of unbranched alkanes of at least 4 members (excludes halogenated alkanes) is 2. The van der Waals surface area contributed by atoms with Crippen LogP contribution in [0.1, 0.15) is 62.8 Å². The summed E-state index contributed by atoms with van der Waals surface area (Å²) in [6.45, 7) is 3.21. The molecule has 164 valence electrons. The van der Waals surface area contributed by atoms with Crippen LogP contribution in [-0.4, -0.2) is 71.4 Å². The van der Waals surface area contributed by atoms with Gasteiger partial charge in [-0.25, -0.2) is 0 Å². The van der Waals surface area contributed by atoms with Gasteiger partial charge in [-0.15, -0.1) is 0 Å². The Hall–Kier alpha value is -0.980. The number of benzene rings is 1. The van der Waals surface area contributed by atoms with Gasteiger partial charge < -0.3 is 20.1 Å². The van der Waals surface area contributed by atoms with Crippen molar-refractivity contribution >= 4 is 0 Å². The van der Waals surface area contributed by atoms with Gasteiger partial charge in [0, 0.05) is 19.8 Å². The molecule has 2 fully saturated rings. The van der Waals surface area contributed by atoms with Crippen LogP contribution in [0.5, 0.6) is 0 Å². The fraction of sp³-hybridized carbons (Fsp3) is 0.750. The number of ether oxygens (including phenoxy) is 1. The van der Waals surface area contributed by atoms with Crippen LogP contribution in [0.15, 0.2) is 30.3 Å². The fourth-order valence-corrected chi connectivity index (χ4v) is 4.94. The number of likely N-dealkylation sites (tertiary alicyclic amines) is 1. The van der Waals surface area contributed by atoms with Gasteiger partial charge in [0.05, 0.1) is 24.9 Å². The molecule has 0 unspecified atom stereocenters. The highest BCUT2D eigenvalue weighted by atomic mass is 16.5. The highest BCUT2D eigenvalue weighted by Gasteiger charge is 2.35. The topological polar surface area (TPSA) is 73.2 Å². The van der Waals surface area contributed by atoms with Crippen molar-refractivity contribution in [3.05, 3.63) is 35.9 Å². The van der Waals surface area contributed by atoms with Crippen LogP contribution < -0.4 is 0 Å². The van der Waals surface area contributed by atoms with Crippen LogP contribution in [0.2, 0.25) is 0 Å². The van der Waals surface area contributed by atoms with E-state index in [-0.39, 0.29) is 12.6 Å². The minimum Gasteiger partial charge on any atom is -0.395 e. The molecule has 0 spiro atoms. The van der Waals surface area contributed by atoms with Crippen molar-refractivity contribution in [3.8, 4) is 0 Å². The number of rotatable bonds is 10. The van der Waals surface area contributed by atoms with Crippen molar-refractivity contribution in [2.45, 2.75) is 75.5 Å². The molecule has 2 aliphatic rings. The predicted molar refractivity (Wildman–Crippen MR) is 115 cm³/mol. The van der Waals surface area contributed by atoms with Gasteiger partial charge in [0.2, 0.25) is 0 Å². The third-order valence-electron chi connectivity index (χ3n) is 6.86. The van der Waals surface area contributed by atoms with Gasteiger partial charge in [0.1, 0.15) is 0 Å². The standard InChI is InChI=1S/C24H39NO4/c26-17-22-24(28)23(27)13-15-25(22)14-5-2-6-16-29-18-19-9-11-21(12-10-19)20-7-3-1-4-8-20/h1,3-4,7-8,19,21-24,26-28H,2,5-6,9-18H2/t19?,21?,22-,23-,24-/m1/s1. The lowest BCUT2D eigenvalue weighted by Gasteiger charge is -2.40. The molecule has 0 bridgehead atoms. The van der Waals surface area contributed by atoms with E-state index in [2.05, 4.69) is 35.2 Å². The van der Waals surface area contributed by atoms with E-state index in [4.69, 9.17) is 4.74 Å². The summed E-state index contributed by atoms with van der Waals surface area (Å²) in [4.78, 5) is 2.11. The first-order valence-corrected chi connectivity index (χ1v) is 11.5. The van der Waals surface area contributed by atoms with Gasteiger partial charge in [-0.3, -0.25) is 4.90 Å². The van der Waals surface area contributed by atoms with Crippen LogP contribution in [-0.2, 0) is 4.74 Å². The molecular formula is C24H39NO4. The predicted octanol–water partition coefficient (Wildman–Crippen LogP) is 2.94. The van der Waals surface area contributed by atoms with E-state index in [1.54, 1.807) is 0 Å². The number of piperidine rings is 1. The summed E-state index contributed by atoms with van der Waals surface area (Å²) in [5.41, 5.74) is 1.49. The van der Waals surface area contributed by atoms with Crippen molar-refractivity contribution in [3.63, 3.8) is 0 Å². The van der Waals surface area contributed by atoms with Gasteiger partial charge in [-0.2, -0.15) is 0 Å². The monoisotopic (exact) mass is 405 g/mol. The summed E-state index contributed by atoms with van der Waals surface area (Å²) >= 11 is 0. The molecule has 1 heterocycles. The largest absolute Gasteiger partial charge is 0.395 e. The molecule has 5 nitrogen and oxygen atoms in total. The summed E-state index contributed by atoms with van der Waals surface area (Å²) in [6.07, 6.45) is 7.31. The summed E-state index contributed by atoms with van der Waals surface area (Å²) in [7, 11) is 0. The Morgan fingerprint density at radius 2 is 1.69 bits per heavy atom. The molecule has 1 saturated carbocycles. The molecular weight excluding hydrogens is 366 g/mol. The second-order valence-electron chi connectivity index (χ2n) is 8.90. The third-order valence-corrected chi connectivity index (χ3v) is 6.86. The molecule has 1 aliphatic heterocycles. The number of hydrogen-bond acceptors (Lipinski definition) is 5. The summed E-state index contributed by atoms with van der Waals surface area (Å²) in [5, 5.41) is 29.2. The zero-order chi connectivity index (χ0) is 20.5. The van der Waals surface area contributed by atoms with Gasteiger partial charge in [0.15, 0.2) is 0 Å². The average Bonchev–Trinajstić information content (AvgIpc) is 2.76. The SMILES string of the molecule is OC[C@@H]1[C@@H](O)[C@H](O)CCN1CCCCCOCC1CCC(c2ccccc2)CC1. The minimum atomic E-state index is -0.839. The number of nitrogens with zero attached hydrogens (tertiary/aromatic N) is 1. The molecule has 0 radical (unpaired) electrons. The minimum absolute atomic E-state index is 0.103. The van der Waals surface area contributed by atoms with Crippen LogP contribution in [0.25, 0.3) is 0 Å². The second-order valence-corrected chi connectivity index (χ2v) is 8.90.